The van der Waals surface area contributed by atoms with Crippen molar-refractivity contribution in [2.75, 3.05) is 19.0 Å². The lowest BCUT2D eigenvalue weighted by atomic mass is 10.2. The van der Waals surface area contributed by atoms with Crippen LogP contribution in [0.3, 0.4) is 0 Å². The van der Waals surface area contributed by atoms with Gasteiger partial charge in [0.25, 0.3) is 0 Å². The standard InChI is InChI=1S/C18H24N4O3S/c1-11-12(2)22(9-10-25-4)18(20-11)26-13(3)17(24)21-15-7-5-14(6-8-15)16(19)23/h5-8,13H,9-10H2,1-4H3,(H2,19,23)(H,21,24)/t13-/m0/s1. The van der Waals surface area contributed by atoms with Crippen molar-refractivity contribution in [2.24, 2.45) is 5.73 Å². The Hall–Kier alpha value is -2.32. The number of benzene rings is 1. The number of aromatic nitrogens is 2. The summed E-state index contributed by atoms with van der Waals surface area (Å²) in [7, 11) is 1.66. The van der Waals surface area contributed by atoms with Crippen molar-refractivity contribution in [2.45, 2.75) is 37.7 Å². The Balaban J connectivity index is 2.05. The Morgan fingerprint density at radius 1 is 1.31 bits per heavy atom. The molecule has 1 atom stereocenters. The van der Waals surface area contributed by atoms with Crippen molar-refractivity contribution in [3.8, 4) is 0 Å². The smallest absolute Gasteiger partial charge is 0.248 e. The van der Waals surface area contributed by atoms with E-state index in [9.17, 15) is 9.59 Å². The molecule has 2 amide bonds. The van der Waals surface area contributed by atoms with Crippen LogP contribution >= 0.6 is 11.8 Å². The Morgan fingerprint density at radius 2 is 1.96 bits per heavy atom. The molecule has 0 aliphatic carbocycles. The van der Waals surface area contributed by atoms with Crippen molar-refractivity contribution in [3.63, 3.8) is 0 Å². The van der Waals surface area contributed by atoms with Crippen LogP contribution in [0.5, 0.6) is 0 Å². The van der Waals surface area contributed by atoms with Crippen LogP contribution in [0.4, 0.5) is 5.69 Å². The van der Waals surface area contributed by atoms with Gasteiger partial charge in [0.2, 0.25) is 11.8 Å². The van der Waals surface area contributed by atoms with Gasteiger partial charge in [-0.2, -0.15) is 0 Å². The Labute approximate surface area is 157 Å². The van der Waals surface area contributed by atoms with E-state index in [1.165, 1.54) is 11.8 Å². The topological polar surface area (TPSA) is 99.2 Å². The molecule has 1 aromatic carbocycles. The van der Waals surface area contributed by atoms with Crippen LogP contribution in [0.25, 0.3) is 0 Å². The van der Waals surface area contributed by atoms with Crippen molar-refractivity contribution < 1.29 is 14.3 Å². The molecule has 26 heavy (non-hydrogen) atoms. The number of primary amides is 1. The molecule has 2 aromatic rings. The van der Waals surface area contributed by atoms with E-state index in [4.69, 9.17) is 10.5 Å². The number of carbonyl (C=O) groups is 2. The maximum atomic E-state index is 12.5. The fraction of sp³-hybridized carbons (Fsp3) is 0.389. The number of hydrogen-bond donors (Lipinski definition) is 2. The summed E-state index contributed by atoms with van der Waals surface area (Å²) in [6.45, 7) is 7.06. The summed E-state index contributed by atoms with van der Waals surface area (Å²) < 4.78 is 7.22. The zero-order chi connectivity index (χ0) is 19.3. The highest BCUT2D eigenvalue weighted by Crippen LogP contribution is 2.26. The lowest BCUT2D eigenvalue weighted by Crippen LogP contribution is -2.23. The number of imidazole rings is 1. The maximum Gasteiger partial charge on any atom is 0.248 e. The van der Waals surface area contributed by atoms with Gasteiger partial charge in [0.05, 0.1) is 17.6 Å². The number of amides is 2. The van der Waals surface area contributed by atoms with Crippen LogP contribution in [0, 0.1) is 13.8 Å². The largest absolute Gasteiger partial charge is 0.383 e. The normalized spacial score (nSPS) is 12.0. The summed E-state index contributed by atoms with van der Waals surface area (Å²) in [6.07, 6.45) is 0. The first-order valence-corrected chi connectivity index (χ1v) is 9.11. The number of thioether (sulfide) groups is 1. The highest BCUT2D eigenvalue weighted by molar-refractivity contribution is 8.00. The maximum absolute atomic E-state index is 12.5. The number of nitrogens with zero attached hydrogens (tertiary/aromatic N) is 2. The van der Waals surface area contributed by atoms with Gasteiger partial charge in [-0.15, -0.1) is 0 Å². The molecule has 1 heterocycles. The van der Waals surface area contributed by atoms with Crippen molar-refractivity contribution >= 4 is 29.3 Å². The fourth-order valence-electron chi connectivity index (χ4n) is 2.33. The minimum atomic E-state index is -0.500. The van der Waals surface area contributed by atoms with Crippen LogP contribution in [-0.4, -0.2) is 40.3 Å². The first-order chi connectivity index (χ1) is 12.3. The zero-order valence-corrected chi connectivity index (χ0v) is 16.2. The molecule has 0 unspecified atom stereocenters. The quantitative estimate of drug-likeness (QED) is 0.689. The minimum Gasteiger partial charge on any atom is -0.383 e. The molecule has 0 bridgehead atoms. The zero-order valence-electron chi connectivity index (χ0n) is 15.4. The second kappa shape index (κ2) is 8.86. The van der Waals surface area contributed by atoms with Crippen LogP contribution < -0.4 is 11.1 Å². The number of methoxy groups -OCH3 is 1. The molecular formula is C18H24N4O3S. The average molecular weight is 376 g/mol. The predicted molar refractivity (Wildman–Crippen MR) is 102 cm³/mol. The van der Waals surface area contributed by atoms with Crippen LogP contribution in [0.15, 0.2) is 29.4 Å². The Bertz CT molecular complexity index is 786. The number of aryl methyl sites for hydroxylation is 1. The Morgan fingerprint density at radius 3 is 2.54 bits per heavy atom. The molecular weight excluding hydrogens is 352 g/mol. The monoisotopic (exact) mass is 376 g/mol. The molecule has 0 saturated heterocycles. The molecule has 3 N–H and O–H groups in total. The van der Waals surface area contributed by atoms with Crippen LogP contribution in [0.1, 0.15) is 28.7 Å². The first kappa shape index (κ1) is 20.0. The third-order valence-corrected chi connectivity index (χ3v) is 5.12. The third kappa shape index (κ3) is 4.86. The highest BCUT2D eigenvalue weighted by Gasteiger charge is 2.20. The summed E-state index contributed by atoms with van der Waals surface area (Å²) in [5, 5.41) is 3.29. The molecule has 140 valence electrons. The number of nitrogens with one attached hydrogen (secondary N) is 1. The number of ether oxygens (including phenoxy) is 1. The van der Waals surface area contributed by atoms with Crippen LogP contribution in [0.2, 0.25) is 0 Å². The molecule has 7 nitrogen and oxygen atoms in total. The number of anilines is 1. The molecule has 0 spiro atoms. The Kier molecular flexibility index (Phi) is 6.82. The van der Waals surface area contributed by atoms with Gasteiger partial charge in [0.1, 0.15) is 0 Å². The van der Waals surface area contributed by atoms with Crippen molar-refractivity contribution in [1.82, 2.24) is 9.55 Å². The van der Waals surface area contributed by atoms with Crippen molar-refractivity contribution in [1.29, 1.82) is 0 Å². The third-order valence-electron chi connectivity index (χ3n) is 4.03. The molecule has 0 radical (unpaired) electrons. The molecule has 0 saturated carbocycles. The second-order valence-electron chi connectivity index (χ2n) is 5.90. The average Bonchev–Trinajstić information content (AvgIpc) is 2.87. The van der Waals surface area contributed by atoms with E-state index in [1.54, 1.807) is 31.4 Å². The minimum absolute atomic E-state index is 0.140. The first-order valence-electron chi connectivity index (χ1n) is 8.23. The van der Waals surface area contributed by atoms with Gasteiger partial charge in [-0.1, -0.05) is 11.8 Å². The van der Waals surface area contributed by atoms with E-state index >= 15 is 0 Å². The molecule has 0 aliphatic rings. The van der Waals surface area contributed by atoms with Gasteiger partial charge in [-0.3, -0.25) is 9.59 Å². The summed E-state index contributed by atoms with van der Waals surface area (Å²) >= 11 is 1.40. The van der Waals surface area contributed by atoms with E-state index in [-0.39, 0.29) is 11.2 Å². The van der Waals surface area contributed by atoms with Gasteiger partial charge in [0.15, 0.2) is 5.16 Å². The molecule has 8 heteroatoms. The summed E-state index contributed by atoms with van der Waals surface area (Å²) in [4.78, 5) is 28.1. The number of rotatable bonds is 8. The van der Waals surface area contributed by atoms with Gasteiger partial charge in [0, 0.05) is 30.6 Å². The van der Waals surface area contributed by atoms with E-state index in [0.717, 1.165) is 16.5 Å². The van der Waals surface area contributed by atoms with E-state index < -0.39 is 5.91 Å². The van der Waals surface area contributed by atoms with Gasteiger partial charge >= 0.3 is 0 Å². The molecule has 2 rings (SSSR count). The SMILES string of the molecule is COCCn1c(S[C@@H](C)C(=O)Nc2ccc(C(N)=O)cc2)nc(C)c1C. The summed E-state index contributed by atoms with van der Waals surface area (Å²) in [5.41, 5.74) is 8.24. The lowest BCUT2D eigenvalue weighted by molar-refractivity contribution is -0.115. The van der Waals surface area contributed by atoms with E-state index in [0.29, 0.717) is 24.4 Å². The summed E-state index contributed by atoms with van der Waals surface area (Å²) in [6, 6.07) is 6.48. The second-order valence-corrected chi connectivity index (χ2v) is 7.21. The molecule has 1 aromatic heterocycles. The number of nitrogens with two attached hydrogens (primary N) is 1. The van der Waals surface area contributed by atoms with Gasteiger partial charge < -0.3 is 20.4 Å². The van der Waals surface area contributed by atoms with Gasteiger partial charge in [-0.25, -0.2) is 4.98 Å². The lowest BCUT2D eigenvalue weighted by Gasteiger charge is -2.14. The molecule has 0 fully saturated rings. The van der Waals surface area contributed by atoms with Crippen molar-refractivity contribution in [3.05, 3.63) is 41.2 Å². The van der Waals surface area contributed by atoms with Crippen LogP contribution in [-0.2, 0) is 16.1 Å². The highest BCUT2D eigenvalue weighted by atomic mass is 32.2. The van der Waals surface area contributed by atoms with Gasteiger partial charge in [-0.05, 0) is 45.0 Å². The fourth-order valence-corrected chi connectivity index (χ4v) is 3.36. The summed E-state index contributed by atoms with van der Waals surface area (Å²) in [5.74, 6) is -0.640. The number of hydrogen-bond acceptors (Lipinski definition) is 5. The van der Waals surface area contributed by atoms with E-state index in [2.05, 4.69) is 14.9 Å². The predicted octanol–water partition coefficient (Wildman–Crippen LogP) is 2.36. The number of carbonyl (C=O) groups excluding carboxylic acids is 2. The van der Waals surface area contributed by atoms with E-state index in [1.807, 2.05) is 20.8 Å². The molecule has 0 aliphatic heterocycles.